The fourth-order valence-corrected chi connectivity index (χ4v) is 2.26. The second-order valence-corrected chi connectivity index (χ2v) is 5.00. The van der Waals surface area contributed by atoms with Gasteiger partial charge in [-0.3, -0.25) is 4.79 Å². The third-order valence-electron chi connectivity index (χ3n) is 2.80. The van der Waals surface area contributed by atoms with Gasteiger partial charge in [0, 0.05) is 17.2 Å². The molecule has 0 bridgehead atoms. The zero-order valence-electron chi connectivity index (χ0n) is 11.0. The first-order chi connectivity index (χ1) is 10.1. The third-order valence-corrected chi connectivity index (χ3v) is 3.44. The molecule has 2 aromatic rings. The first kappa shape index (κ1) is 15.1. The van der Waals surface area contributed by atoms with Gasteiger partial charge in [-0.25, -0.2) is 9.37 Å². The highest BCUT2D eigenvalue weighted by Crippen LogP contribution is 2.23. The average molecular weight is 348 g/mol. The van der Waals surface area contributed by atoms with E-state index in [-0.39, 0.29) is 24.3 Å². The molecule has 1 heterocycles. The topological polar surface area (TPSA) is 57.0 Å². The van der Waals surface area contributed by atoms with Gasteiger partial charge in [0.15, 0.2) is 0 Å². The van der Waals surface area contributed by atoms with Crippen LogP contribution in [0, 0.1) is 17.1 Å². The van der Waals surface area contributed by atoms with Crippen LogP contribution in [0.15, 0.2) is 47.1 Å². The third kappa shape index (κ3) is 3.44. The van der Waals surface area contributed by atoms with Crippen molar-refractivity contribution in [1.29, 1.82) is 5.26 Å². The molecule has 1 aromatic carbocycles. The van der Waals surface area contributed by atoms with Crippen molar-refractivity contribution in [3.63, 3.8) is 0 Å². The van der Waals surface area contributed by atoms with Crippen LogP contribution in [0.2, 0.25) is 0 Å². The first-order valence-corrected chi connectivity index (χ1v) is 6.98. The molecule has 1 aromatic heterocycles. The van der Waals surface area contributed by atoms with Crippen molar-refractivity contribution in [2.45, 2.75) is 6.42 Å². The maximum absolute atomic E-state index is 13.9. The van der Waals surface area contributed by atoms with Gasteiger partial charge in [-0.1, -0.05) is 12.1 Å². The van der Waals surface area contributed by atoms with E-state index in [1.807, 2.05) is 6.07 Å². The molecule has 2 rings (SSSR count). The predicted molar refractivity (Wildman–Crippen MR) is 80.2 cm³/mol. The molecule has 0 aliphatic rings. The highest BCUT2D eigenvalue weighted by molar-refractivity contribution is 9.10. The number of nitrogens with zero attached hydrogens (tertiary/aromatic N) is 3. The van der Waals surface area contributed by atoms with E-state index in [0.717, 1.165) is 0 Å². The summed E-state index contributed by atoms with van der Waals surface area (Å²) in [5.74, 6) is -0.973. The lowest BCUT2D eigenvalue weighted by Gasteiger charge is -2.22. The van der Waals surface area contributed by atoms with Crippen molar-refractivity contribution in [1.82, 2.24) is 4.98 Å². The number of para-hydroxylation sites is 1. The van der Waals surface area contributed by atoms with Gasteiger partial charge in [-0.15, -0.1) is 0 Å². The quantitative estimate of drug-likeness (QED) is 0.849. The number of hydrogen-bond donors (Lipinski definition) is 0. The summed E-state index contributed by atoms with van der Waals surface area (Å²) in [7, 11) is 0. The minimum Gasteiger partial charge on any atom is -0.303 e. The number of halogens is 2. The molecule has 4 nitrogen and oxygen atoms in total. The molecule has 0 aliphatic carbocycles. The summed E-state index contributed by atoms with van der Waals surface area (Å²) in [6.45, 7) is 0.0965. The van der Waals surface area contributed by atoms with Crippen LogP contribution in [-0.2, 0) is 0 Å². The monoisotopic (exact) mass is 347 g/mol. The van der Waals surface area contributed by atoms with E-state index in [0.29, 0.717) is 4.47 Å². The smallest absolute Gasteiger partial charge is 0.278 e. The van der Waals surface area contributed by atoms with E-state index in [9.17, 15) is 9.18 Å². The lowest BCUT2D eigenvalue weighted by atomic mass is 10.2. The molecular weight excluding hydrogens is 337 g/mol. The van der Waals surface area contributed by atoms with Crippen LogP contribution in [0.3, 0.4) is 0 Å². The molecule has 6 heteroatoms. The first-order valence-electron chi connectivity index (χ1n) is 6.19. The lowest BCUT2D eigenvalue weighted by Crippen LogP contribution is -2.33. The molecule has 0 spiro atoms. The van der Waals surface area contributed by atoms with Crippen LogP contribution in [0.5, 0.6) is 0 Å². The van der Waals surface area contributed by atoms with Crippen LogP contribution in [0.4, 0.5) is 10.1 Å². The van der Waals surface area contributed by atoms with Crippen molar-refractivity contribution in [3.05, 3.63) is 58.6 Å². The van der Waals surface area contributed by atoms with Crippen molar-refractivity contribution >= 4 is 27.5 Å². The van der Waals surface area contributed by atoms with Gasteiger partial charge >= 0.3 is 0 Å². The number of carbonyl (C=O) groups is 1. The molecule has 0 radical (unpaired) electrons. The van der Waals surface area contributed by atoms with Crippen molar-refractivity contribution in [3.8, 4) is 6.07 Å². The number of aromatic nitrogens is 1. The largest absolute Gasteiger partial charge is 0.303 e. The highest BCUT2D eigenvalue weighted by atomic mass is 79.9. The van der Waals surface area contributed by atoms with Gasteiger partial charge < -0.3 is 4.90 Å². The minimum atomic E-state index is -0.518. The zero-order chi connectivity index (χ0) is 15.2. The summed E-state index contributed by atoms with van der Waals surface area (Å²) in [6.07, 6.45) is 1.59. The number of rotatable bonds is 4. The Labute approximate surface area is 130 Å². The zero-order valence-corrected chi connectivity index (χ0v) is 12.5. The molecule has 1 amide bonds. The highest BCUT2D eigenvalue weighted by Gasteiger charge is 2.22. The van der Waals surface area contributed by atoms with Gasteiger partial charge in [0.2, 0.25) is 0 Å². The molecule has 0 N–H and O–H groups in total. The number of pyridine rings is 1. The Kier molecular flexibility index (Phi) is 5.01. The summed E-state index contributed by atoms with van der Waals surface area (Å²) in [5.41, 5.74) is 0.314. The maximum atomic E-state index is 13.9. The van der Waals surface area contributed by atoms with E-state index >= 15 is 0 Å². The summed E-state index contributed by atoms with van der Waals surface area (Å²) in [6, 6.07) is 11.3. The number of nitriles is 1. The normalized spacial score (nSPS) is 9.95. The molecular formula is C15H11BrFN3O. The summed E-state index contributed by atoms with van der Waals surface area (Å²) in [4.78, 5) is 17.8. The second-order valence-electron chi connectivity index (χ2n) is 4.15. The Balaban J connectivity index is 2.42. The number of anilines is 1. The average Bonchev–Trinajstić information content (AvgIpc) is 2.49. The Morgan fingerprint density at radius 2 is 2.10 bits per heavy atom. The standard InChI is InChI=1S/C15H11BrFN3O/c16-11-5-3-9-19-14(11)15(21)20(10-4-8-18)13-7-2-1-6-12(13)17/h1-3,5-7,9H,4,10H2. The Morgan fingerprint density at radius 1 is 1.33 bits per heavy atom. The van der Waals surface area contributed by atoms with Crippen LogP contribution in [-0.4, -0.2) is 17.4 Å². The molecule has 0 atom stereocenters. The van der Waals surface area contributed by atoms with Gasteiger partial charge in [0.25, 0.3) is 5.91 Å². The number of amides is 1. The lowest BCUT2D eigenvalue weighted by molar-refractivity contribution is 0.0981. The SMILES string of the molecule is N#CCCN(C(=O)c1ncccc1Br)c1ccccc1F. The fourth-order valence-electron chi connectivity index (χ4n) is 1.83. The van der Waals surface area contributed by atoms with Crippen LogP contribution < -0.4 is 4.90 Å². The number of hydrogen-bond acceptors (Lipinski definition) is 3. The van der Waals surface area contributed by atoms with Gasteiger partial charge in [0.05, 0.1) is 18.2 Å². The second kappa shape index (κ2) is 6.95. The molecule has 0 saturated carbocycles. The van der Waals surface area contributed by atoms with Crippen LogP contribution in [0.1, 0.15) is 16.9 Å². The molecule has 0 unspecified atom stereocenters. The van der Waals surface area contributed by atoms with Crippen LogP contribution in [0.25, 0.3) is 0 Å². The molecule has 0 aliphatic heterocycles. The Bertz CT molecular complexity index is 699. The molecule has 106 valence electrons. The molecule has 0 saturated heterocycles. The number of benzene rings is 1. The van der Waals surface area contributed by atoms with Crippen molar-refractivity contribution in [2.24, 2.45) is 0 Å². The van der Waals surface area contributed by atoms with Gasteiger partial charge in [0.1, 0.15) is 11.5 Å². The Hall–Kier alpha value is -2.26. The predicted octanol–water partition coefficient (Wildman–Crippen LogP) is 3.54. The summed E-state index contributed by atoms with van der Waals surface area (Å²) in [5, 5.41) is 8.73. The maximum Gasteiger partial charge on any atom is 0.278 e. The van der Waals surface area contributed by atoms with E-state index in [4.69, 9.17) is 5.26 Å². The van der Waals surface area contributed by atoms with E-state index < -0.39 is 11.7 Å². The van der Waals surface area contributed by atoms with E-state index in [1.54, 1.807) is 24.3 Å². The molecule has 0 fully saturated rings. The fraction of sp³-hybridized carbons (Fsp3) is 0.133. The van der Waals surface area contributed by atoms with E-state index in [1.165, 1.54) is 23.2 Å². The summed E-state index contributed by atoms with van der Waals surface area (Å²) >= 11 is 3.26. The van der Waals surface area contributed by atoms with E-state index in [2.05, 4.69) is 20.9 Å². The van der Waals surface area contributed by atoms with Crippen LogP contribution >= 0.6 is 15.9 Å². The van der Waals surface area contributed by atoms with Crippen molar-refractivity contribution < 1.29 is 9.18 Å². The van der Waals surface area contributed by atoms with Gasteiger partial charge in [-0.2, -0.15) is 5.26 Å². The summed E-state index contributed by atoms with van der Waals surface area (Å²) < 4.78 is 14.5. The van der Waals surface area contributed by atoms with Crippen molar-refractivity contribution in [2.75, 3.05) is 11.4 Å². The Morgan fingerprint density at radius 3 is 2.76 bits per heavy atom. The number of carbonyl (C=O) groups excluding carboxylic acids is 1. The minimum absolute atomic E-state index is 0.0965. The van der Waals surface area contributed by atoms with Gasteiger partial charge in [-0.05, 0) is 40.2 Å². The molecule has 21 heavy (non-hydrogen) atoms.